The standard InChI is InChI=1S/C15H21N3O/c19-15(18-13-6-7-13)12-5-8-14(17-10-12)16-9-11-3-1-2-4-11/h5,8,10-11,13H,1-4,6-7,9H2,(H,16,17)(H,18,19). The fourth-order valence-electron chi connectivity index (χ4n) is 2.59. The molecule has 2 N–H and O–H groups in total. The summed E-state index contributed by atoms with van der Waals surface area (Å²) in [7, 11) is 0. The van der Waals surface area contributed by atoms with Gasteiger partial charge >= 0.3 is 0 Å². The molecule has 0 bridgehead atoms. The van der Waals surface area contributed by atoms with Gasteiger partial charge in [-0.1, -0.05) is 12.8 Å². The minimum Gasteiger partial charge on any atom is -0.370 e. The van der Waals surface area contributed by atoms with Crippen LogP contribution in [0.25, 0.3) is 0 Å². The number of hydrogen-bond acceptors (Lipinski definition) is 3. The van der Waals surface area contributed by atoms with Crippen LogP contribution in [0.1, 0.15) is 48.9 Å². The van der Waals surface area contributed by atoms with Crippen LogP contribution in [0.2, 0.25) is 0 Å². The van der Waals surface area contributed by atoms with E-state index in [9.17, 15) is 4.79 Å². The SMILES string of the molecule is O=C(NC1CC1)c1ccc(NCC2CCCC2)nc1. The summed E-state index contributed by atoms with van der Waals surface area (Å²) in [6.45, 7) is 1.00. The number of carbonyl (C=O) groups is 1. The Hall–Kier alpha value is -1.58. The molecule has 1 aromatic heterocycles. The zero-order chi connectivity index (χ0) is 13.1. The largest absolute Gasteiger partial charge is 0.370 e. The van der Waals surface area contributed by atoms with E-state index < -0.39 is 0 Å². The van der Waals surface area contributed by atoms with Crippen LogP contribution < -0.4 is 10.6 Å². The van der Waals surface area contributed by atoms with E-state index >= 15 is 0 Å². The van der Waals surface area contributed by atoms with Gasteiger partial charge in [-0.15, -0.1) is 0 Å². The Morgan fingerprint density at radius 1 is 1.21 bits per heavy atom. The van der Waals surface area contributed by atoms with Gasteiger partial charge in [0.25, 0.3) is 5.91 Å². The van der Waals surface area contributed by atoms with E-state index in [1.807, 2.05) is 12.1 Å². The van der Waals surface area contributed by atoms with E-state index in [0.29, 0.717) is 11.6 Å². The first-order valence-electron chi connectivity index (χ1n) is 7.32. The van der Waals surface area contributed by atoms with E-state index in [1.165, 1.54) is 25.7 Å². The molecule has 1 aromatic rings. The fraction of sp³-hybridized carbons (Fsp3) is 0.600. The van der Waals surface area contributed by atoms with Crippen molar-refractivity contribution in [1.29, 1.82) is 0 Å². The molecule has 0 unspecified atom stereocenters. The molecule has 0 radical (unpaired) electrons. The third-order valence-corrected chi connectivity index (χ3v) is 3.98. The zero-order valence-electron chi connectivity index (χ0n) is 11.2. The zero-order valence-corrected chi connectivity index (χ0v) is 11.2. The predicted octanol–water partition coefficient (Wildman–Crippen LogP) is 2.58. The molecule has 0 saturated heterocycles. The van der Waals surface area contributed by atoms with Gasteiger partial charge in [0.1, 0.15) is 5.82 Å². The van der Waals surface area contributed by atoms with Gasteiger partial charge < -0.3 is 10.6 Å². The molecule has 1 heterocycles. The average molecular weight is 259 g/mol. The Balaban J connectivity index is 1.51. The van der Waals surface area contributed by atoms with Crippen LogP contribution in [-0.4, -0.2) is 23.5 Å². The molecule has 19 heavy (non-hydrogen) atoms. The highest BCUT2D eigenvalue weighted by Crippen LogP contribution is 2.24. The lowest BCUT2D eigenvalue weighted by molar-refractivity contribution is 0.0951. The van der Waals surface area contributed by atoms with Crippen LogP contribution in [-0.2, 0) is 0 Å². The number of nitrogens with zero attached hydrogens (tertiary/aromatic N) is 1. The molecule has 2 aliphatic carbocycles. The maximum Gasteiger partial charge on any atom is 0.253 e. The van der Waals surface area contributed by atoms with Crippen molar-refractivity contribution in [3.8, 4) is 0 Å². The molecule has 3 rings (SSSR count). The Kier molecular flexibility index (Phi) is 3.67. The van der Waals surface area contributed by atoms with Gasteiger partial charge in [0.15, 0.2) is 0 Å². The minimum absolute atomic E-state index is 0.00246. The second-order valence-electron chi connectivity index (χ2n) is 5.71. The normalized spacial score (nSPS) is 19.4. The van der Waals surface area contributed by atoms with Crippen molar-refractivity contribution in [2.45, 2.75) is 44.6 Å². The second-order valence-corrected chi connectivity index (χ2v) is 5.71. The van der Waals surface area contributed by atoms with Crippen molar-refractivity contribution in [3.05, 3.63) is 23.9 Å². The summed E-state index contributed by atoms with van der Waals surface area (Å²) in [6, 6.07) is 4.14. The number of hydrogen-bond donors (Lipinski definition) is 2. The van der Waals surface area contributed by atoms with Crippen LogP contribution >= 0.6 is 0 Å². The molecular formula is C15H21N3O. The Labute approximate surface area is 114 Å². The number of aromatic nitrogens is 1. The van der Waals surface area contributed by atoms with Crippen LogP contribution in [0.15, 0.2) is 18.3 Å². The van der Waals surface area contributed by atoms with Gasteiger partial charge in [-0.2, -0.15) is 0 Å². The third kappa shape index (κ3) is 3.46. The van der Waals surface area contributed by atoms with E-state index in [-0.39, 0.29) is 5.91 Å². The number of nitrogens with one attached hydrogen (secondary N) is 2. The average Bonchev–Trinajstić information content (AvgIpc) is 3.09. The Morgan fingerprint density at radius 2 is 2.00 bits per heavy atom. The molecule has 0 aliphatic heterocycles. The maximum absolute atomic E-state index is 11.8. The molecule has 1 amide bonds. The summed E-state index contributed by atoms with van der Waals surface area (Å²) in [4.78, 5) is 16.1. The van der Waals surface area contributed by atoms with Crippen molar-refractivity contribution in [2.24, 2.45) is 5.92 Å². The second kappa shape index (κ2) is 5.59. The molecule has 2 saturated carbocycles. The summed E-state index contributed by atoms with van der Waals surface area (Å²) in [5.41, 5.74) is 0.651. The summed E-state index contributed by atoms with van der Waals surface area (Å²) >= 11 is 0. The van der Waals surface area contributed by atoms with E-state index in [0.717, 1.165) is 31.1 Å². The van der Waals surface area contributed by atoms with Crippen LogP contribution in [0.5, 0.6) is 0 Å². The minimum atomic E-state index is -0.00246. The molecule has 102 valence electrons. The van der Waals surface area contributed by atoms with E-state index in [2.05, 4.69) is 15.6 Å². The number of carbonyl (C=O) groups excluding carboxylic acids is 1. The van der Waals surface area contributed by atoms with Crippen LogP contribution in [0, 0.1) is 5.92 Å². The van der Waals surface area contributed by atoms with Crippen molar-refractivity contribution in [2.75, 3.05) is 11.9 Å². The number of rotatable bonds is 5. The summed E-state index contributed by atoms with van der Waals surface area (Å²) in [5.74, 6) is 1.66. The monoisotopic (exact) mass is 259 g/mol. The van der Waals surface area contributed by atoms with E-state index in [4.69, 9.17) is 0 Å². The van der Waals surface area contributed by atoms with E-state index in [1.54, 1.807) is 6.20 Å². The van der Waals surface area contributed by atoms with Crippen LogP contribution in [0.4, 0.5) is 5.82 Å². The predicted molar refractivity (Wildman–Crippen MR) is 75.2 cm³/mol. The molecule has 4 heteroatoms. The molecule has 0 spiro atoms. The molecule has 2 aliphatic rings. The van der Waals surface area contributed by atoms with Gasteiger partial charge in [0.2, 0.25) is 0 Å². The number of amides is 1. The van der Waals surface area contributed by atoms with Gasteiger partial charge in [0, 0.05) is 18.8 Å². The smallest absolute Gasteiger partial charge is 0.253 e. The maximum atomic E-state index is 11.8. The molecule has 0 aromatic carbocycles. The van der Waals surface area contributed by atoms with Gasteiger partial charge in [-0.3, -0.25) is 4.79 Å². The van der Waals surface area contributed by atoms with Gasteiger partial charge in [-0.25, -0.2) is 4.98 Å². The summed E-state index contributed by atoms with van der Waals surface area (Å²) < 4.78 is 0. The topological polar surface area (TPSA) is 54.0 Å². The van der Waals surface area contributed by atoms with Gasteiger partial charge in [0.05, 0.1) is 5.56 Å². The highest BCUT2D eigenvalue weighted by Gasteiger charge is 2.23. The highest BCUT2D eigenvalue weighted by molar-refractivity contribution is 5.94. The summed E-state index contributed by atoms with van der Waals surface area (Å²) in [5, 5.41) is 6.33. The Bertz CT molecular complexity index is 433. The first-order valence-corrected chi connectivity index (χ1v) is 7.32. The first kappa shape index (κ1) is 12.5. The lowest BCUT2D eigenvalue weighted by Gasteiger charge is -2.11. The Morgan fingerprint density at radius 3 is 2.63 bits per heavy atom. The molecule has 4 nitrogen and oxygen atoms in total. The van der Waals surface area contributed by atoms with Crippen molar-refractivity contribution in [1.82, 2.24) is 10.3 Å². The van der Waals surface area contributed by atoms with Crippen LogP contribution in [0.3, 0.4) is 0 Å². The molecule has 2 fully saturated rings. The quantitative estimate of drug-likeness (QED) is 0.854. The molecule has 0 atom stereocenters. The lowest BCUT2D eigenvalue weighted by Crippen LogP contribution is -2.25. The number of pyridine rings is 1. The summed E-state index contributed by atoms with van der Waals surface area (Å²) in [6.07, 6.45) is 9.26. The fourth-order valence-corrected chi connectivity index (χ4v) is 2.59. The van der Waals surface area contributed by atoms with Crippen molar-refractivity contribution < 1.29 is 4.79 Å². The lowest BCUT2D eigenvalue weighted by atomic mass is 10.1. The third-order valence-electron chi connectivity index (χ3n) is 3.98. The molecular weight excluding hydrogens is 238 g/mol. The van der Waals surface area contributed by atoms with Crippen molar-refractivity contribution >= 4 is 11.7 Å². The first-order chi connectivity index (χ1) is 9.31. The highest BCUT2D eigenvalue weighted by atomic mass is 16.1. The van der Waals surface area contributed by atoms with Gasteiger partial charge in [-0.05, 0) is 43.7 Å². The number of anilines is 1. The van der Waals surface area contributed by atoms with Crippen molar-refractivity contribution in [3.63, 3.8) is 0 Å².